The lowest BCUT2D eigenvalue weighted by atomic mass is 9.54. The third kappa shape index (κ3) is 3.82. The van der Waals surface area contributed by atoms with Crippen LogP contribution in [0.25, 0.3) is 0 Å². The molecule has 0 radical (unpaired) electrons. The molecule has 4 rings (SSSR count). The number of rotatable bonds is 9. The summed E-state index contributed by atoms with van der Waals surface area (Å²) in [5.74, 6) is 2.55. The van der Waals surface area contributed by atoms with Crippen molar-refractivity contribution in [2.24, 2.45) is 17.8 Å². The number of aliphatic hydroxyl groups is 3. The molecule has 0 heterocycles. The van der Waals surface area contributed by atoms with Crippen molar-refractivity contribution >= 4 is 0 Å². The van der Waals surface area contributed by atoms with Crippen molar-refractivity contribution in [1.82, 2.24) is 4.90 Å². The van der Waals surface area contributed by atoms with Crippen LogP contribution in [-0.2, 0) is 4.74 Å². The molecule has 4 bridgehead atoms. The van der Waals surface area contributed by atoms with Gasteiger partial charge in [0, 0.05) is 19.6 Å². The molecule has 4 aliphatic carbocycles. The Morgan fingerprint density at radius 1 is 0.955 bits per heavy atom. The lowest BCUT2D eigenvalue weighted by Gasteiger charge is -2.56. The summed E-state index contributed by atoms with van der Waals surface area (Å²) in [6, 6.07) is 0. The van der Waals surface area contributed by atoms with Gasteiger partial charge >= 0.3 is 0 Å². The molecule has 5 nitrogen and oxygen atoms in total. The van der Waals surface area contributed by atoms with Crippen LogP contribution in [0, 0.1) is 17.8 Å². The molecule has 0 amide bonds. The van der Waals surface area contributed by atoms with E-state index in [0.29, 0.717) is 26.2 Å². The minimum absolute atomic E-state index is 0.0362. The fraction of sp³-hybridized carbons (Fsp3) is 1.00. The molecule has 4 aliphatic rings. The Bertz CT molecular complexity index is 321. The molecule has 22 heavy (non-hydrogen) atoms. The number of aliphatic hydroxyl groups excluding tert-OH is 3. The highest BCUT2D eigenvalue weighted by molar-refractivity contribution is 5.03. The summed E-state index contributed by atoms with van der Waals surface area (Å²) in [5, 5.41) is 28.3. The van der Waals surface area contributed by atoms with Crippen LogP contribution in [0.15, 0.2) is 0 Å². The first-order chi connectivity index (χ1) is 10.6. The Hall–Kier alpha value is -0.200. The van der Waals surface area contributed by atoms with Crippen molar-refractivity contribution in [2.45, 2.75) is 50.2 Å². The van der Waals surface area contributed by atoms with Crippen LogP contribution in [0.1, 0.15) is 38.5 Å². The lowest BCUT2D eigenvalue weighted by molar-refractivity contribution is -0.176. The Morgan fingerprint density at radius 2 is 1.45 bits per heavy atom. The molecule has 0 aliphatic heterocycles. The van der Waals surface area contributed by atoms with Gasteiger partial charge in [-0.05, 0) is 56.3 Å². The minimum atomic E-state index is -0.550. The molecule has 1 atom stereocenters. The topological polar surface area (TPSA) is 73.2 Å². The fourth-order valence-corrected chi connectivity index (χ4v) is 5.41. The Labute approximate surface area is 133 Å². The molecule has 0 aromatic carbocycles. The number of nitrogens with zero attached hydrogens (tertiary/aromatic N) is 1. The van der Waals surface area contributed by atoms with Gasteiger partial charge in [-0.2, -0.15) is 0 Å². The predicted molar refractivity (Wildman–Crippen MR) is 83.5 cm³/mol. The molecule has 0 aromatic heterocycles. The molecule has 128 valence electrons. The standard InChI is InChI=1S/C17H31NO4/c19-3-1-18(2-4-20)11-16(21)12-22-17-8-13-5-14(9-17)7-15(6-13)10-17/h13-16,19-21H,1-12H2/t13?,14?,15?,16-,17?/m1/s1. The van der Waals surface area contributed by atoms with Crippen molar-refractivity contribution in [3.05, 3.63) is 0 Å². The van der Waals surface area contributed by atoms with Crippen molar-refractivity contribution in [2.75, 3.05) is 39.5 Å². The Morgan fingerprint density at radius 3 is 1.91 bits per heavy atom. The van der Waals surface area contributed by atoms with Crippen LogP contribution in [-0.4, -0.2) is 71.4 Å². The third-order valence-corrected chi connectivity index (χ3v) is 5.87. The van der Waals surface area contributed by atoms with Crippen LogP contribution >= 0.6 is 0 Å². The van der Waals surface area contributed by atoms with Gasteiger partial charge in [-0.25, -0.2) is 0 Å². The summed E-state index contributed by atoms with van der Waals surface area (Å²) in [5.41, 5.74) is 0.0362. The zero-order valence-corrected chi connectivity index (χ0v) is 13.5. The van der Waals surface area contributed by atoms with Gasteiger partial charge < -0.3 is 20.1 Å². The number of hydrogen-bond acceptors (Lipinski definition) is 5. The molecule has 0 unspecified atom stereocenters. The zero-order valence-electron chi connectivity index (χ0n) is 13.5. The fourth-order valence-electron chi connectivity index (χ4n) is 5.41. The van der Waals surface area contributed by atoms with E-state index in [9.17, 15) is 5.11 Å². The van der Waals surface area contributed by atoms with E-state index in [1.54, 1.807) is 0 Å². The number of ether oxygens (including phenoxy) is 1. The smallest absolute Gasteiger partial charge is 0.0900 e. The second-order valence-electron chi connectivity index (χ2n) is 7.81. The predicted octanol–water partition coefficient (Wildman–Crippen LogP) is 0.619. The number of hydrogen-bond donors (Lipinski definition) is 3. The summed E-state index contributed by atoms with van der Waals surface area (Å²) in [4.78, 5) is 1.88. The first-order valence-corrected chi connectivity index (χ1v) is 8.88. The summed E-state index contributed by atoms with van der Waals surface area (Å²) >= 11 is 0. The molecule has 5 heteroatoms. The van der Waals surface area contributed by atoms with E-state index in [2.05, 4.69) is 0 Å². The largest absolute Gasteiger partial charge is 0.395 e. The van der Waals surface area contributed by atoms with Crippen LogP contribution in [0.4, 0.5) is 0 Å². The maximum Gasteiger partial charge on any atom is 0.0900 e. The van der Waals surface area contributed by atoms with Gasteiger partial charge in [0.25, 0.3) is 0 Å². The van der Waals surface area contributed by atoms with E-state index in [1.165, 1.54) is 38.5 Å². The monoisotopic (exact) mass is 313 g/mol. The highest BCUT2D eigenvalue weighted by Gasteiger charge is 2.51. The Balaban J connectivity index is 1.47. The van der Waals surface area contributed by atoms with E-state index >= 15 is 0 Å². The van der Waals surface area contributed by atoms with Gasteiger partial charge in [0.2, 0.25) is 0 Å². The van der Waals surface area contributed by atoms with Crippen LogP contribution < -0.4 is 0 Å². The van der Waals surface area contributed by atoms with Gasteiger partial charge in [0.15, 0.2) is 0 Å². The average molecular weight is 313 g/mol. The van der Waals surface area contributed by atoms with E-state index in [-0.39, 0.29) is 18.8 Å². The maximum atomic E-state index is 10.2. The summed E-state index contributed by atoms with van der Waals surface area (Å²) in [7, 11) is 0. The Kier molecular flexibility index (Phi) is 5.40. The van der Waals surface area contributed by atoms with Crippen molar-refractivity contribution in [1.29, 1.82) is 0 Å². The van der Waals surface area contributed by atoms with Crippen LogP contribution in [0.3, 0.4) is 0 Å². The molecule has 4 saturated carbocycles. The molecular formula is C17H31NO4. The minimum Gasteiger partial charge on any atom is -0.395 e. The highest BCUT2D eigenvalue weighted by atomic mass is 16.5. The summed E-state index contributed by atoms with van der Waals surface area (Å²) < 4.78 is 6.26. The van der Waals surface area contributed by atoms with E-state index in [0.717, 1.165) is 17.8 Å². The first kappa shape index (κ1) is 16.7. The molecule has 0 spiro atoms. The molecule has 3 N–H and O–H groups in total. The van der Waals surface area contributed by atoms with Gasteiger partial charge in [-0.1, -0.05) is 0 Å². The normalized spacial score (nSPS) is 37.9. The average Bonchev–Trinajstić information content (AvgIpc) is 2.44. The quantitative estimate of drug-likeness (QED) is 0.582. The van der Waals surface area contributed by atoms with Crippen molar-refractivity contribution in [3.8, 4) is 0 Å². The highest BCUT2D eigenvalue weighted by Crippen LogP contribution is 2.57. The summed E-state index contributed by atoms with van der Waals surface area (Å²) in [6.07, 6.45) is 7.18. The second kappa shape index (κ2) is 7.14. The van der Waals surface area contributed by atoms with Crippen molar-refractivity contribution in [3.63, 3.8) is 0 Å². The van der Waals surface area contributed by atoms with Crippen LogP contribution in [0.2, 0.25) is 0 Å². The second-order valence-corrected chi connectivity index (χ2v) is 7.81. The SMILES string of the molecule is OCCN(CCO)C[C@@H](O)COC12CC3CC(CC(C3)C1)C2. The van der Waals surface area contributed by atoms with Crippen molar-refractivity contribution < 1.29 is 20.1 Å². The lowest BCUT2D eigenvalue weighted by Crippen LogP contribution is -2.53. The first-order valence-electron chi connectivity index (χ1n) is 8.88. The third-order valence-electron chi connectivity index (χ3n) is 5.87. The molecule has 0 aromatic rings. The molecule has 4 fully saturated rings. The molecule has 0 saturated heterocycles. The van der Waals surface area contributed by atoms with Gasteiger partial charge in [0.05, 0.1) is 31.5 Å². The van der Waals surface area contributed by atoms with Crippen LogP contribution in [0.5, 0.6) is 0 Å². The molecular weight excluding hydrogens is 282 g/mol. The van der Waals surface area contributed by atoms with Gasteiger partial charge in [-0.3, -0.25) is 4.90 Å². The van der Waals surface area contributed by atoms with Gasteiger partial charge in [-0.15, -0.1) is 0 Å². The van der Waals surface area contributed by atoms with E-state index < -0.39 is 6.10 Å². The maximum absolute atomic E-state index is 10.2. The zero-order chi connectivity index (χ0) is 15.6. The summed E-state index contributed by atoms with van der Waals surface area (Å²) in [6.45, 7) is 1.88. The van der Waals surface area contributed by atoms with E-state index in [1.807, 2.05) is 4.90 Å². The van der Waals surface area contributed by atoms with Gasteiger partial charge in [0.1, 0.15) is 0 Å². The van der Waals surface area contributed by atoms with E-state index in [4.69, 9.17) is 14.9 Å².